The molecule has 0 aliphatic rings. The average Bonchev–Trinajstić information content (AvgIpc) is 2.56. The van der Waals surface area contributed by atoms with Gasteiger partial charge in [-0.25, -0.2) is 0 Å². The molecular formula is C23H28. The second kappa shape index (κ2) is 10.4. The van der Waals surface area contributed by atoms with Gasteiger partial charge in [0.05, 0.1) is 0 Å². The molecule has 0 aliphatic heterocycles. The van der Waals surface area contributed by atoms with E-state index in [-0.39, 0.29) is 0 Å². The molecule has 1 aromatic carbocycles. The van der Waals surface area contributed by atoms with Crippen LogP contribution in [0.2, 0.25) is 0 Å². The molecule has 0 saturated heterocycles. The molecule has 0 fully saturated rings. The topological polar surface area (TPSA) is 0 Å². The van der Waals surface area contributed by atoms with Crippen LogP contribution in [0.1, 0.15) is 32.8 Å². The lowest BCUT2D eigenvalue weighted by Gasteiger charge is -2.12. The number of allylic oxidation sites excluding steroid dienone is 10. The van der Waals surface area contributed by atoms with E-state index in [1.165, 1.54) is 27.9 Å². The zero-order chi connectivity index (χ0) is 17.1. The van der Waals surface area contributed by atoms with Crippen molar-refractivity contribution >= 4 is 0 Å². The van der Waals surface area contributed by atoms with E-state index in [0.29, 0.717) is 0 Å². The zero-order valence-electron chi connectivity index (χ0n) is 14.7. The molecule has 0 unspecified atom stereocenters. The third-order valence-corrected chi connectivity index (χ3v) is 3.60. The van der Waals surface area contributed by atoms with E-state index in [1.54, 1.807) is 0 Å². The van der Waals surface area contributed by atoms with Crippen molar-refractivity contribution < 1.29 is 0 Å². The Morgan fingerprint density at radius 1 is 1.00 bits per heavy atom. The summed E-state index contributed by atoms with van der Waals surface area (Å²) in [5.41, 5.74) is 6.32. The molecule has 1 rings (SSSR count). The lowest BCUT2D eigenvalue weighted by atomic mass is 9.93. The van der Waals surface area contributed by atoms with E-state index in [4.69, 9.17) is 0 Å². The third-order valence-electron chi connectivity index (χ3n) is 3.60. The Labute approximate surface area is 141 Å². The summed E-state index contributed by atoms with van der Waals surface area (Å²) >= 11 is 0. The maximum Gasteiger partial charge on any atom is -0.00941 e. The lowest BCUT2D eigenvalue weighted by molar-refractivity contribution is 1.21. The first-order valence-corrected chi connectivity index (χ1v) is 8.11. The minimum Gasteiger partial charge on any atom is -0.103 e. The molecule has 0 radical (unpaired) electrons. The van der Waals surface area contributed by atoms with Crippen LogP contribution in [0.15, 0.2) is 102 Å². The van der Waals surface area contributed by atoms with Gasteiger partial charge in [0, 0.05) is 0 Å². The SMILES string of the molecule is C=CCC(C=C)=C(C=CC)C(C=CCc1ccccc1)=C(C)C. The van der Waals surface area contributed by atoms with Crippen LogP contribution in [0.4, 0.5) is 0 Å². The minimum atomic E-state index is 0.826. The van der Waals surface area contributed by atoms with Gasteiger partial charge in [0.25, 0.3) is 0 Å². The highest BCUT2D eigenvalue weighted by molar-refractivity contribution is 5.53. The van der Waals surface area contributed by atoms with E-state index < -0.39 is 0 Å². The lowest BCUT2D eigenvalue weighted by Crippen LogP contribution is -1.93. The summed E-state index contributed by atoms with van der Waals surface area (Å²) in [6.45, 7) is 14.2. The number of hydrogen-bond donors (Lipinski definition) is 0. The van der Waals surface area contributed by atoms with Crippen LogP contribution in [0.3, 0.4) is 0 Å². The summed E-state index contributed by atoms with van der Waals surface area (Å²) < 4.78 is 0. The Kier molecular flexibility index (Phi) is 8.46. The zero-order valence-corrected chi connectivity index (χ0v) is 14.7. The third kappa shape index (κ3) is 6.12. The van der Waals surface area contributed by atoms with Crippen molar-refractivity contribution in [3.63, 3.8) is 0 Å². The van der Waals surface area contributed by atoms with E-state index in [0.717, 1.165) is 12.8 Å². The maximum atomic E-state index is 3.97. The second-order valence-corrected chi connectivity index (χ2v) is 5.64. The van der Waals surface area contributed by atoms with Crippen molar-refractivity contribution in [1.82, 2.24) is 0 Å². The quantitative estimate of drug-likeness (QED) is 0.368. The van der Waals surface area contributed by atoms with Crippen molar-refractivity contribution in [1.29, 1.82) is 0 Å². The largest absolute Gasteiger partial charge is 0.103 e. The molecule has 1 aromatic rings. The van der Waals surface area contributed by atoms with Crippen LogP contribution in [-0.2, 0) is 6.42 Å². The second-order valence-electron chi connectivity index (χ2n) is 5.64. The van der Waals surface area contributed by atoms with Gasteiger partial charge < -0.3 is 0 Å². The van der Waals surface area contributed by atoms with Crippen molar-refractivity contribution in [2.45, 2.75) is 33.6 Å². The Balaban J connectivity index is 3.15. The van der Waals surface area contributed by atoms with Crippen LogP contribution in [0, 0.1) is 0 Å². The molecule has 0 atom stereocenters. The summed E-state index contributed by atoms with van der Waals surface area (Å²) in [7, 11) is 0. The van der Waals surface area contributed by atoms with Gasteiger partial charge in [-0.2, -0.15) is 0 Å². The molecule has 120 valence electrons. The standard InChI is InChI=1S/C23H28/c1-6-13-21(8-3)23(14-7-2)22(19(4)5)18-12-17-20-15-10-9-11-16-20/h6-12,14-16,18H,1,3,13,17H2,2,4-5H3. The number of hydrogen-bond acceptors (Lipinski definition) is 0. The molecule has 0 heterocycles. The van der Waals surface area contributed by atoms with E-state index >= 15 is 0 Å². The smallest absolute Gasteiger partial charge is 0.00941 e. The predicted molar refractivity (Wildman–Crippen MR) is 105 cm³/mol. The van der Waals surface area contributed by atoms with Crippen molar-refractivity contribution in [3.8, 4) is 0 Å². The molecule has 0 spiro atoms. The highest BCUT2D eigenvalue weighted by atomic mass is 14.1. The summed E-state index contributed by atoms with van der Waals surface area (Å²) in [5.74, 6) is 0. The van der Waals surface area contributed by atoms with Gasteiger partial charge in [-0.1, -0.05) is 78.9 Å². The highest BCUT2D eigenvalue weighted by Crippen LogP contribution is 2.24. The van der Waals surface area contributed by atoms with Crippen LogP contribution in [-0.4, -0.2) is 0 Å². The Hall–Kier alpha value is -2.34. The van der Waals surface area contributed by atoms with Crippen molar-refractivity contribution in [2.75, 3.05) is 0 Å². The first kappa shape index (κ1) is 18.7. The Morgan fingerprint density at radius 2 is 1.70 bits per heavy atom. The molecule has 0 nitrogen and oxygen atoms in total. The van der Waals surface area contributed by atoms with Crippen LogP contribution in [0.5, 0.6) is 0 Å². The fraction of sp³-hybridized carbons (Fsp3) is 0.217. The monoisotopic (exact) mass is 304 g/mol. The summed E-state index contributed by atoms with van der Waals surface area (Å²) in [6.07, 6.45) is 14.3. The van der Waals surface area contributed by atoms with Gasteiger partial charge in [-0.3, -0.25) is 0 Å². The van der Waals surface area contributed by atoms with Crippen LogP contribution < -0.4 is 0 Å². The fourth-order valence-corrected chi connectivity index (χ4v) is 2.45. The molecule has 0 aliphatic carbocycles. The summed E-state index contributed by atoms with van der Waals surface area (Å²) in [4.78, 5) is 0. The molecule has 0 bridgehead atoms. The van der Waals surface area contributed by atoms with Crippen LogP contribution >= 0.6 is 0 Å². The van der Waals surface area contributed by atoms with Crippen LogP contribution in [0.25, 0.3) is 0 Å². The average molecular weight is 304 g/mol. The van der Waals surface area contributed by atoms with E-state index in [1.807, 2.05) is 25.1 Å². The Morgan fingerprint density at radius 3 is 2.22 bits per heavy atom. The highest BCUT2D eigenvalue weighted by Gasteiger charge is 2.06. The summed E-state index contributed by atoms with van der Waals surface area (Å²) in [5, 5.41) is 0. The molecule has 0 saturated carbocycles. The maximum absolute atomic E-state index is 3.97. The number of rotatable bonds is 8. The Bertz CT molecular complexity index is 630. The fourth-order valence-electron chi connectivity index (χ4n) is 2.45. The molecular weight excluding hydrogens is 276 g/mol. The van der Waals surface area contributed by atoms with E-state index in [2.05, 4.69) is 75.6 Å². The molecule has 0 amide bonds. The first-order chi connectivity index (χ1) is 11.1. The van der Waals surface area contributed by atoms with Crippen molar-refractivity contribution in [2.24, 2.45) is 0 Å². The van der Waals surface area contributed by atoms with Gasteiger partial charge >= 0.3 is 0 Å². The van der Waals surface area contributed by atoms with E-state index in [9.17, 15) is 0 Å². The minimum absolute atomic E-state index is 0.826. The summed E-state index contributed by atoms with van der Waals surface area (Å²) in [6, 6.07) is 10.5. The first-order valence-electron chi connectivity index (χ1n) is 8.11. The van der Waals surface area contributed by atoms with Gasteiger partial charge in [0.2, 0.25) is 0 Å². The molecule has 0 heteroatoms. The normalized spacial score (nSPS) is 12.3. The molecule has 23 heavy (non-hydrogen) atoms. The van der Waals surface area contributed by atoms with Gasteiger partial charge in [0.1, 0.15) is 0 Å². The van der Waals surface area contributed by atoms with Gasteiger partial charge in [-0.05, 0) is 55.9 Å². The predicted octanol–water partition coefficient (Wildman–Crippen LogP) is 6.76. The van der Waals surface area contributed by atoms with Gasteiger partial charge in [0.15, 0.2) is 0 Å². The number of benzene rings is 1. The molecule has 0 aromatic heterocycles. The molecule has 0 N–H and O–H groups in total. The van der Waals surface area contributed by atoms with Crippen molar-refractivity contribution in [3.05, 3.63) is 108 Å². The van der Waals surface area contributed by atoms with Gasteiger partial charge in [-0.15, -0.1) is 6.58 Å².